The Morgan fingerprint density at radius 1 is 1.10 bits per heavy atom. The fourth-order valence-electron chi connectivity index (χ4n) is 4.31. The van der Waals surface area contributed by atoms with Crippen LogP contribution in [0.5, 0.6) is 5.75 Å². The molecule has 8 heteroatoms. The number of rotatable bonds is 5. The maximum atomic E-state index is 14.2. The molecule has 1 fully saturated rings. The predicted octanol–water partition coefficient (Wildman–Crippen LogP) is 5.12. The van der Waals surface area contributed by atoms with Crippen molar-refractivity contribution in [3.63, 3.8) is 0 Å². The normalized spacial score (nSPS) is 15.1. The van der Waals surface area contributed by atoms with E-state index in [4.69, 9.17) is 0 Å². The van der Waals surface area contributed by atoms with Crippen molar-refractivity contribution in [2.75, 3.05) is 0 Å². The molecule has 31 heavy (non-hydrogen) atoms. The maximum absolute atomic E-state index is 14.2. The second-order valence-corrected chi connectivity index (χ2v) is 8.01. The van der Waals surface area contributed by atoms with E-state index in [-0.39, 0.29) is 28.1 Å². The molecule has 1 aliphatic rings. The zero-order valence-electron chi connectivity index (χ0n) is 16.7. The molecule has 0 aliphatic heterocycles. The number of aliphatic carboxylic acids is 1. The number of fused-ring (bicyclic) bond motifs is 1. The zero-order valence-corrected chi connectivity index (χ0v) is 16.7. The Kier molecular flexibility index (Phi) is 5.24. The average Bonchev–Trinajstić information content (AvgIpc) is 2.94. The van der Waals surface area contributed by atoms with Crippen LogP contribution in [0.2, 0.25) is 0 Å². The van der Waals surface area contributed by atoms with Crippen molar-refractivity contribution in [3.05, 3.63) is 64.6 Å². The Hall–Kier alpha value is -3.29. The first-order valence-electron chi connectivity index (χ1n) is 9.95. The third-order valence-corrected chi connectivity index (χ3v) is 6.13. The third-order valence-electron chi connectivity index (χ3n) is 6.13. The number of nitrogens with zero attached hydrogens (tertiary/aromatic N) is 1. The quantitative estimate of drug-likeness (QED) is 0.588. The van der Waals surface area contributed by atoms with Crippen LogP contribution in [-0.4, -0.2) is 26.7 Å². The Morgan fingerprint density at radius 2 is 1.81 bits per heavy atom. The molecular weight excluding hydrogens is 411 g/mol. The summed E-state index contributed by atoms with van der Waals surface area (Å²) in [4.78, 5) is 25.3. The highest BCUT2D eigenvalue weighted by Gasteiger charge is 2.33. The highest BCUT2D eigenvalue weighted by atomic mass is 19.2. The largest absolute Gasteiger partial charge is 0.505 e. The van der Waals surface area contributed by atoms with Gasteiger partial charge in [-0.15, -0.1) is 0 Å². The first kappa shape index (κ1) is 21.0. The van der Waals surface area contributed by atoms with Crippen molar-refractivity contribution in [2.24, 2.45) is 5.92 Å². The molecule has 0 saturated heterocycles. The molecule has 162 valence electrons. The minimum Gasteiger partial charge on any atom is -0.505 e. The van der Waals surface area contributed by atoms with Gasteiger partial charge >= 0.3 is 5.97 Å². The second-order valence-electron chi connectivity index (χ2n) is 8.01. The molecular formula is C23H20F3NO4. The number of hydrogen-bond donors (Lipinski definition) is 2. The number of hydrogen-bond acceptors (Lipinski definition) is 3. The molecule has 1 aromatic heterocycles. The summed E-state index contributed by atoms with van der Waals surface area (Å²) in [5, 5.41) is 20.1. The van der Waals surface area contributed by atoms with Gasteiger partial charge < -0.3 is 10.2 Å². The standard InChI is InChI=1S/C23H20F3NO4/c1-11-21(15(23(30)31)7-12-3-2-4-12)14-9-20(28)18(26)10-19(14)27(11)22(29)13-5-6-16(24)17(25)8-13/h5-6,8-10,12,15,28H,2-4,7H2,1H3,(H,30,31)/t15-/m0/s1. The van der Waals surface area contributed by atoms with E-state index in [1.807, 2.05) is 0 Å². The first-order chi connectivity index (χ1) is 14.7. The van der Waals surface area contributed by atoms with Crippen molar-refractivity contribution in [3.8, 4) is 5.75 Å². The number of phenols is 1. The number of halogens is 3. The summed E-state index contributed by atoms with van der Waals surface area (Å²) in [6, 6.07) is 4.71. The van der Waals surface area contributed by atoms with Crippen LogP contribution in [0.3, 0.4) is 0 Å². The molecule has 5 nitrogen and oxygen atoms in total. The van der Waals surface area contributed by atoms with Gasteiger partial charge in [0, 0.05) is 22.7 Å². The molecule has 2 N–H and O–H groups in total. The minimum atomic E-state index is -1.21. The summed E-state index contributed by atoms with van der Waals surface area (Å²) >= 11 is 0. The topological polar surface area (TPSA) is 79.5 Å². The summed E-state index contributed by atoms with van der Waals surface area (Å²) in [7, 11) is 0. The smallest absolute Gasteiger partial charge is 0.311 e. The van der Waals surface area contributed by atoms with Crippen LogP contribution in [-0.2, 0) is 4.79 Å². The molecule has 0 unspecified atom stereocenters. The molecule has 0 bridgehead atoms. The number of carbonyl (C=O) groups excluding carboxylic acids is 1. The van der Waals surface area contributed by atoms with Gasteiger partial charge in [0.05, 0.1) is 11.4 Å². The third kappa shape index (κ3) is 3.56. The Balaban J connectivity index is 1.94. The number of carbonyl (C=O) groups is 2. The van der Waals surface area contributed by atoms with Gasteiger partial charge in [-0.2, -0.15) is 0 Å². The van der Waals surface area contributed by atoms with Crippen LogP contribution < -0.4 is 0 Å². The Labute approximate surface area is 175 Å². The van der Waals surface area contributed by atoms with E-state index in [2.05, 4.69) is 0 Å². The molecule has 0 spiro atoms. The van der Waals surface area contributed by atoms with Crippen LogP contribution >= 0.6 is 0 Å². The lowest BCUT2D eigenvalue weighted by atomic mass is 9.77. The van der Waals surface area contributed by atoms with Gasteiger partial charge in [-0.3, -0.25) is 14.2 Å². The fourth-order valence-corrected chi connectivity index (χ4v) is 4.31. The molecule has 1 aliphatic carbocycles. The molecule has 1 saturated carbocycles. The van der Waals surface area contributed by atoms with Gasteiger partial charge in [-0.25, -0.2) is 13.2 Å². The van der Waals surface area contributed by atoms with Crippen LogP contribution in [0.1, 0.15) is 53.2 Å². The number of benzene rings is 2. The minimum absolute atomic E-state index is 0.0531. The van der Waals surface area contributed by atoms with Gasteiger partial charge in [-0.1, -0.05) is 19.3 Å². The number of carboxylic acids is 1. The van der Waals surface area contributed by atoms with Gasteiger partial charge in [0.25, 0.3) is 5.91 Å². The summed E-state index contributed by atoms with van der Waals surface area (Å²) < 4.78 is 42.3. The average molecular weight is 431 g/mol. The number of aromatic hydroxyl groups is 1. The molecule has 1 heterocycles. The van der Waals surface area contributed by atoms with Gasteiger partial charge in [-0.05, 0) is 49.1 Å². The summed E-state index contributed by atoms with van der Waals surface area (Å²) in [6.45, 7) is 1.53. The molecule has 2 aromatic carbocycles. The molecule has 0 amide bonds. The van der Waals surface area contributed by atoms with Crippen LogP contribution in [0.4, 0.5) is 13.2 Å². The van der Waals surface area contributed by atoms with E-state index in [1.165, 1.54) is 6.92 Å². The van der Waals surface area contributed by atoms with Gasteiger partial charge in [0.1, 0.15) is 0 Å². The van der Waals surface area contributed by atoms with Crippen molar-refractivity contribution in [1.29, 1.82) is 0 Å². The zero-order chi connectivity index (χ0) is 22.4. The van der Waals surface area contributed by atoms with E-state index in [1.54, 1.807) is 0 Å². The monoisotopic (exact) mass is 431 g/mol. The van der Waals surface area contributed by atoms with E-state index in [0.717, 1.165) is 54.2 Å². The lowest BCUT2D eigenvalue weighted by Gasteiger charge is -2.28. The predicted molar refractivity (Wildman–Crippen MR) is 107 cm³/mol. The first-order valence-corrected chi connectivity index (χ1v) is 9.95. The van der Waals surface area contributed by atoms with E-state index in [9.17, 15) is 33.0 Å². The molecule has 1 atom stereocenters. The lowest BCUT2D eigenvalue weighted by molar-refractivity contribution is -0.139. The van der Waals surface area contributed by atoms with Crippen LogP contribution in [0, 0.1) is 30.3 Å². The maximum Gasteiger partial charge on any atom is 0.311 e. The number of aromatic nitrogens is 1. The Morgan fingerprint density at radius 3 is 2.39 bits per heavy atom. The van der Waals surface area contributed by atoms with E-state index >= 15 is 0 Å². The van der Waals surface area contributed by atoms with E-state index < -0.39 is 41.0 Å². The van der Waals surface area contributed by atoms with Gasteiger partial charge in [0.15, 0.2) is 23.2 Å². The molecule has 4 rings (SSSR count). The second kappa shape index (κ2) is 7.76. The van der Waals surface area contributed by atoms with E-state index in [0.29, 0.717) is 12.0 Å². The summed E-state index contributed by atoms with van der Waals surface area (Å²) in [5.74, 6) is -6.55. The fraction of sp³-hybridized carbons (Fsp3) is 0.304. The van der Waals surface area contributed by atoms with Gasteiger partial charge in [0.2, 0.25) is 0 Å². The highest BCUT2D eigenvalue weighted by Crippen LogP contribution is 2.41. The molecule has 3 aromatic rings. The lowest BCUT2D eigenvalue weighted by Crippen LogP contribution is -2.21. The SMILES string of the molecule is Cc1c([C@H](CC2CCC2)C(=O)O)c2cc(O)c(F)cc2n1C(=O)c1ccc(F)c(F)c1. The van der Waals surface area contributed by atoms with Crippen molar-refractivity contribution < 1.29 is 33.0 Å². The summed E-state index contributed by atoms with van der Waals surface area (Å²) in [5.41, 5.74) is 0.435. The van der Waals surface area contributed by atoms with Crippen molar-refractivity contribution in [1.82, 2.24) is 4.57 Å². The van der Waals surface area contributed by atoms with Crippen molar-refractivity contribution >= 4 is 22.8 Å². The highest BCUT2D eigenvalue weighted by molar-refractivity contribution is 6.05. The number of phenolic OH excluding ortho intramolecular Hbond substituents is 1. The van der Waals surface area contributed by atoms with Crippen molar-refractivity contribution in [2.45, 2.75) is 38.5 Å². The van der Waals surface area contributed by atoms with Crippen LogP contribution in [0.15, 0.2) is 30.3 Å². The van der Waals surface area contributed by atoms with Crippen LogP contribution in [0.25, 0.3) is 10.9 Å². The Bertz CT molecular complexity index is 1210. The molecule has 0 radical (unpaired) electrons. The number of carboxylic acid groups (broad SMARTS) is 1. The summed E-state index contributed by atoms with van der Waals surface area (Å²) in [6.07, 6.45) is 3.20.